The molecular formula is C11H14F3NO2S. The number of nitrogens with one attached hydrogen (secondary N) is 1. The van der Waals surface area contributed by atoms with Gasteiger partial charge in [-0.2, -0.15) is 13.2 Å². The molecule has 0 aliphatic carbocycles. The zero-order chi connectivity index (χ0) is 14.0. The highest BCUT2D eigenvalue weighted by atomic mass is 32.2. The summed E-state index contributed by atoms with van der Waals surface area (Å²) in [6, 6.07) is 3.35. The van der Waals surface area contributed by atoms with Gasteiger partial charge in [0.1, 0.15) is 0 Å². The summed E-state index contributed by atoms with van der Waals surface area (Å²) in [6.45, 7) is 3.42. The average molecular weight is 281 g/mol. The molecule has 102 valence electrons. The lowest BCUT2D eigenvalue weighted by atomic mass is 10.2. The minimum atomic E-state index is -4.55. The van der Waals surface area contributed by atoms with Gasteiger partial charge in [-0.1, -0.05) is 13.0 Å². The van der Waals surface area contributed by atoms with Crippen molar-refractivity contribution in [2.24, 2.45) is 0 Å². The van der Waals surface area contributed by atoms with Gasteiger partial charge in [0.05, 0.1) is 10.5 Å². The van der Waals surface area contributed by atoms with Crippen molar-refractivity contribution in [2.75, 3.05) is 0 Å². The molecule has 1 aromatic carbocycles. The van der Waals surface area contributed by atoms with E-state index in [1.807, 2.05) is 0 Å². The maximum Gasteiger partial charge on any atom is 0.416 e. The minimum Gasteiger partial charge on any atom is -0.208 e. The summed E-state index contributed by atoms with van der Waals surface area (Å²) in [7, 11) is -3.90. The van der Waals surface area contributed by atoms with E-state index in [9.17, 15) is 21.6 Å². The fourth-order valence-electron chi connectivity index (χ4n) is 1.26. The summed E-state index contributed by atoms with van der Waals surface area (Å²) in [5.74, 6) is 0. The molecule has 0 heterocycles. The van der Waals surface area contributed by atoms with Crippen LogP contribution in [0.2, 0.25) is 0 Å². The number of sulfonamides is 1. The van der Waals surface area contributed by atoms with E-state index in [0.717, 1.165) is 18.2 Å². The first-order valence-electron chi connectivity index (χ1n) is 5.36. The van der Waals surface area contributed by atoms with Crippen molar-refractivity contribution >= 4 is 10.0 Å². The van der Waals surface area contributed by atoms with Crippen LogP contribution in [0.3, 0.4) is 0 Å². The van der Waals surface area contributed by atoms with Crippen LogP contribution in [0.4, 0.5) is 13.2 Å². The summed E-state index contributed by atoms with van der Waals surface area (Å²) in [6.07, 6.45) is -4.00. The Morgan fingerprint density at radius 3 is 2.44 bits per heavy atom. The van der Waals surface area contributed by atoms with Crippen LogP contribution in [-0.2, 0) is 16.2 Å². The third kappa shape index (κ3) is 3.71. The summed E-state index contributed by atoms with van der Waals surface area (Å²) < 4.78 is 63.3. The molecule has 0 amide bonds. The number of halogens is 3. The summed E-state index contributed by atoms with van der Waals surface area (Å²) in [5, 5.41) is 0. The van der Waals surface area contributed by atoms with Crippen molar-refractivity contribution < 1.29 is 21.6 Å². The molecule has 0 aromatic heterocycles. The molecule has 0 saturated heterocycles. The van der Waals surface area contributed by atoms with Crippen molar-refractivity contribution in [1.82, 2.24) is 4.72 Å². The van der Waals surface area contributed by atoms with Gasteiger partial charge in [0.2, 0.25) is 10.0 Å². The molecule has 1 atom stereocenters. The smallest absolute Gasteiger partial charge is 0.208 e. The van der Waals surface area contributed by atoms with Crippen LogP contribution in [0.25, 0.3) is 0 Å². The number of rotatable bonds is 4. The highest BCUT2D eigenvalue weighted by molar-refractivity contribution is 7.89. The molecule has 0 bridgehead atoms. The second-order valence-corrected chi connectivity index (χ2v) is 5.67. The van der Waals surface area contributed by atoms with E-state index in [0.29, 0.717) is 12.5 Å². The molecule has 1 aromatic rings. The maximum atomic E-state index is 12.5. The highest BCUT2D eigenvalue weighted by Crippen LogP contribution is 2.30. The van der Waals surface area contributed by atoms with Crippen LogP contribution in [0, 0.1) is 0 Å². The number of hydrogen-bond donors (Lipinski definition) is 1. The second kappa shape index (κ2) is 5.27. The van der Waals surface area contributed by atoms with Crippen LogP contribution in [0.15, 0.2) is 29.2 Å². The fourth-order valence-corrected chi connectivity index (χ4v) is 2.63. The minimum absolute atomic E-state index is 0.329. The van der Waals surface area contributed by atoms with E-state index in [1.54, 1.807) is 13.8 Å². The topological polar surface area (TPSA) is 46.2 Å². The average Bonchev–Trinajstić information content (AvgIpc) is 2.27. The highest BCUT2D eigenvalue weighted by Gasteiger charge is 2.31. The van der Waals surface area contributed by atoms with Crippen molar-refractivity contribution in [3.63, 3.8) is 0 Å². The van der Waals surface area contributed by atoms with Gasteiger partial charge in [-0.3, -0.25) is 0 Å². The normalized spacial score (nSPS) is 14.5. The predicted molar refractivity (Wildman–Crippen MR) is 61.5 cm³/mol. The number of alkyl halides is 3. The molecular weight excluding hydrogens is 267 g/mol. The van der Waals surface area contributed by atoms with Crippen LogP contribution >= 0.6 is 0 Å². The molecule has 0 aliphatic rings. The number of benzene rings is 1. The zero-order valence-electron chi connectivity index (χ0n) is 9.95. The van der Waals surface area contributed by atoms with Gasteiger partial charge in [0.15, 0.2) is 0 Å². The quantitative estimate of drug-likeness (QED) is 0.922. The Bertz CT molecular complexity index is 511. The molecule has 7 heteroatoms. The predicted octanol–water partition coefficient (Wildman–Crippen LogP) is 2.78. The Hall–Kier alpha value is -1.08. The lowest BCUT2D eigenvalue weighted by Gasteiger charge is -2.13. The van der Waals surface area contributed by atoms with Gasteiger partial charge >= 0.3 is 6.18 Å². The molecule has 0 saturated carbocycles. The third-order valence-electron chi connectivity index (χ3n) is 2.44. The third-order valence-corrected chi connectivity index (χ3v) is 4.03. The first-order chi connectivity index (χ1) is 8.16. The molecule has 0 radical (unpaired) electrons. The Labute approximate surface area is 104 Å². The largest absolute Gasteiger partial charge is 0.416 e. The molecule has 1 rings (SSSR count). The zero-order valence-corrected chi connectivity index (χ0v) is 10.8. The van der Waals surface area contributed by atoms with Crippen molar-refractivity contribution in [2.45, 2.75) is 37.4 Å². The molecule has 0 aliphatic heterocycles. The maximum absolute atomic E-state index is 12.5. The van der Waals surface area contributed by atoms with Crippen molar-refractivity contribution in [3.05, 3.63) is 29.8 Å². The lowest BCUT2D eigenvalue weighted by molar-refractivity contribution is -0.137. The van der Waals surface area contributed by atoms with Crippen LogP contribution < -0.4 is 4.72 Å². The van der Waals surface area contributed by atoms with Gasteiger partial charge < -0.3 is 0 Å². The monoisotopic (exact) mass is 281 g/mol. The summed E-state index contributed by atoms with van der Waals surface area (Å²) in [5.41, 5.74) is -0.977. The Balaban J connectivity index is 3.11. The van der Waals surface area contributed by atoms with Crippen LogP contribution in [0.1, 0.15) is 25.8 Å². The van der Waals surface area contributed by atoms with Gasteiger partial charge in [0.25, 0.3) is 0 Å². The number of hydrogen-bond acceptors (Lipinski definition) is 2. The van der Waals surface area contributed by atoms with Crippen molar-refractivity contribution in [3.8, 4) is 0 Å². The van der Waals surface area contributed by atoms with Crippen LogP contribution in [0.5, 0.6) is 0 Å². The molecule has 18 heavy (non-hydrogen) atoms. The first kappa shape index (κ1) is 15.0. The van der Waals surface area contributed by atoms with E-state index >= 15 is 0 Å². The van der Waals surface area contributed by atoms with Crippen LogP contribution in [-0.4, -0.2) is 14.5 Å². The molecule has 0 fully saturated rings. The van der Waals surface area contributed by atoms with Gasteiger partial charge in [-0.15, -0.1) is 0 Å². The van der Waals surface area contributed by atoms with Crippen molar-refractivity contribution in [1.29, 1.82) is 0 Å². The van der Waals surface area contributed by atoms with Gasteiger partial charge in [0, 0.05) is 6.04 Å². The molecule has 3 nitrogen and oxygen atoms in total. The van der Waals surface area contributed by atoms with E-state index in [4.69, 9.17) is 0 Å². The summed E-state index contributed by atoms with van der Waals surface area (Å²) in [4.78, 5) is -0.377. The van der Waals surface area contributed by atoms with E-state index in [-0.39, 0.29) is 10.9 Å². The van der Waals surface area contributed by atoms with Gasteiger partial charge in [-0.05, 0) is 31.5 Å². The lowest BCUT2D eigenvalue weighted by Crippen LogP contribution is -2.32. The Morgan fingerprint density at radius 2 is 1.94 bits per heavy atom. The van der Waals surface area contributed by atoms with E-state index < -0.39 is 21.8 Å². The first-order valence-corrected chi connectivity index (χ1v) is 6.84. The SMILES string of the molecule is CC[C@H](C)NS(=O)(=O)c1cccc(C(F)(F)F)c1. The van der Waals surface area contributed by atoms with E-state index in [2.05, 4.69) is 4.72 Å². The molecule has 0 unspecified atom stereocenters. The Kier molecular flexibility index (Phi) is 4.39. The summed E-state index contributed by atoms with van der Waals surface area (Å²) >= 11 is 0. The van der Waals surface area contributed by atoms with E-state index in [1.165, 1.54) is 0 Å². The fraction of sp³-hybridized carbons (Fsp3) is 0.455. The Morgan fingerprint density at radius 1 is 1.33 bits per heavy atom. The van der Waals surface area contributed by atoms with Gasteiger partial charge in [-0.25, -0.2) is 13.1 Å². The molecule has 0 spiro atoms. The standard InChI is InChI=1S/C11H14F3NO2S/c1-3-8(2)15-18(16,17)10-6-4-5-9(7-10)11(12,13)14/h4-8,15H,3H2,1-2H3/t8-/m0/s1. The second-order valence-electron chi connectivity index (χ2n) is 3.96. The molecule has 1 N–H and O–H groups in total.